The molecule has 2 fully saturated rings. The Hall–Kier alpha value is -1.70. The summed E-state index contributed by atoms with van der Waals surface area (Å²) in [5.74, 6) is 1.34. The minimum atomic E-state index is 0.0423. The Morgan fingerprint density at radius 1 is 1.50 bits per heavy atom. The smallest absolute Gasteiger partial charge is 0.273 e. The van der Waals surface area contributed by atoms with Crippen molar-refractivity contribution in [3.8, 4) is 0 Å². The molecular formula is C17H21N3O3S. The summed E-state index contributed by atoms with van der Waals surface area (Å²) in [5, 5.41) is 1.83. The number of methoxy groups -OCH3 is 1. The van der Waals surface area contributed by atoms with E-state index < -0.39 is 0 Å². The predicted octanol–water partition coefficient (Wildman–Crippen LogP) is 2.10. The zero-order valence-electron chi connectivity index (χ0n) is 13.6. The Bertz CT molecular complexity index is 673. The summed E-state index contributed by atoms with van der Waals surface area (Å²) >= 11 is 1.46. The third-order valence-electron chi connectivity index (χ3n) is 5.12. The Morgan fingerprint density at radius 3 is 3.12 bits per heavy atom. The first kappa shape index (κ1) is 15.8. The van der Waals surface area contributed by atoms with E-state index in [1.54, 1.807) is 18.9 Å². The lowest BCUT2D eigenvalue weighted by Crippen LogP contribution is -2.53. The van der Waals surface area contributed by atoms with Crippen LogP contribution < -0.4 is 0 Å². The maximum atomic E-state index is 12.8. The number of carbonyl (C=O) groups excluding carboxylic acids is 1. The number of rotatable bonds is 4. The number of fused-ring (bicyclic) bond motifs is 1. The van der Waals surface area contributed by atoms with E-state index in [4.69, 9.17) is 9.15 Å². The summed E-state index contributed by atoms with van der Waals surface area (Å²) in [7, 11) is 1.77. The molecule has 0 radical (unpaired) electrons. The molecule has 0 spiro atoms. The lowest BCUT2D eigenvalue weighted by Gasteiger charge is -2.40. The normalized spacial score (nSPS) is 27.4. The second-order valence-electron chi connectivity index (χ2n) is 6.44. The van der Waals surface area contributed by atoms with Gasteiger partial charge in [0.25, 0.3) is 5.91 Å². The zero-order valence-corrected chi connectivity index (χ0v) is 14.4. The number of hydrogen-bond donors (Lipinski definition) is 0. The van der Waals surface area contributed by atoms with Crippen molar-refractivity contribution < 1.29 is 13.9 Å². The van der Waals surface area contributed by atoms with Gasteiger partial charge in [0.05, 0.1) is 30.5 Å². The highest BCUT2D eigenvalue weighted by atomic mass is 32.1. The van der Waals surface area contributed by atoms with E-state index >= 15 is 0 Å². The lowest BCUT2D eigenvalue weighted by atomic mass is 9.89. The van der Waals surface area contributed by atoms with Crippen molar-refractivity contribution >= 4 is 17.2 Å². The fourth-order valence-corrected chi connectivity index (χ4v) is 4.52. The van der Waals surface area contributed by atoms with E-state index in [9.17, 15) is 4.79 Å². The number of thiazole rings is 1. The van der Waals surface area contributed by atoms with Crippen LogP contribution in [0.3, 0.4) is 0 Å². The molecule has 2 saturated heterocycles. The maximum absolute atomic E-state index is 12.8. The zero-order chi connectivity index (χ0) is 16.5. The maximum Gasteiger partial charge on any atom is 0.273 e. The van der Waals surface area contributed by atoms with Gasteiger partial charge in [0.15, 0.2) is 0 Å². The molecule has 6 nitrogen and oxygen atoms in total. The van der Waals surface area contributed by atoms with Crippen molar-refractivity contribution in [2.75, 3.05) is 26.7 Å². The Morgan fingerprint density at radius 2 is 2.42 bits per heavy atom. The van der Waals surface area contributed by atoms with Gasteiger partial charge in [0, 0.05) is 38.0 Å². The summed E-state index contributed by atoms with van der Waals surface area (Å²) in [6.07, 6.45) is 2.78. The van der Waals surface area contributed by atoms with Crippen LogP contribution in [0, 0.1) is 5.92 Å². The molecule has 128 valence electrons. The summed E-state index contributed by atoms with van der Waals surface area (Å²) in [6.45, 7) is 3.27. The molecule has 1 amide bonds. The number of carbonyl (C=O) groups is 1. The molecular weight excluding hydrogens is 326 g/mol. The van der Waals surface area contributed by atoms with Gasteiger partial charge in [-0.25, -0.2) is 4.98 Å². The molecule has 0 N–H and O–H groups in total. The van der Waals surface area contributed by atoms with Gasteiger partial charge in [-0.15, -0.1) is 11.3 Å². The van der Waals surface area contributed by atoms with E-state index in [2.05, 4.69) is 9.88 Å². The predicted molar refractivity (Wildman–Crippen MR) is 89.8 cm³/mol. The highest BCUT2D eigenvalue weighted by molar-refractivity contribution is 7.07. The minimum absolute atomic E-state index is 0.0423. The van der Waals surface area contributed by atoms with Crippen LogP contribution in [0.4, 0.5) is 0 Å². The number of aromatic nitrogens is 1. The van der Waals surface area contributed by atoms with Crippen LogP contribution in [0.1, 0.15) is 22.7 Å². The fraction of sp³-hybridized carbons (Fsp3) is 0.529. The quantitative estimate of drug-likeness (QED) is 0.848. The van der Waals surface area contributed by atoms with Crippen molar-refractivity contribution in [2.45, 2.75) is 25.1 Å². The van der Waals surface area contributed by atoms with Gasteiger partial charge in [-0.2, -0.15) is 0 Å². The van der Waals surface area contributed by atoms with Crippen molar-refractivity contribution in [2.24, 2.45) is 5.92 Å². The van der Waals surface area contributed by atoms with Gasteiger partial charge in [0.1, 0.15) is 11.5 Å². The number of hydrogen-bond acceptors (Lipinski definition) is 6. The number of amides is 1. The van der Waals surface area contributed by atoms with Crippen molar-refractivity contribution in [3.05, 3.63) is 40.7 Å². The third kappa shape index (κ3) is 2.87. The number of ether oxygens (including phenoxy) is 1. The topological polar surface area (TPSA) is 58.8 Å². The van der Waals surface area contributed by atoms with E-state index in [1.165, 1.54) is 11.3 Å². The first-order valence-corrected chi connectivity index (χ1v) is 9.17. The van der Waals surface area contributed by atoms with E-state index in [1.807, 2.05) is 22.4 Å². The number of furan rings is 1. The van der Waals surface area contributed by atoms with Crippen LogP contribution in [-0.4, -0.2) is 59.6 Å². The van der Waals surface area contributed by atoms with E-state index in [0.29, 0.717) is 11.6 Å². The van der Waals surface area contributed by atoms with Crippen LogP contribution in [-0.2, 0) is 11.3 Å². The molecule has 0 bridgehead atoms. The standard InChI is InChI=1S/C17H21N3O3S/c1-22-16-4-5-20(17(21)14-10-24-11-18-14)15-9-19(8-13(15)16)7-12-3-2-6-23-12/h2-3,6,10-11,13,15-16H,4-5,7-9H2,1H3/t13-,15+,16-/m0/s1. The summed E-state index contributed by atoms with van der Waals surface area (Å²) in [4.78, 5) is 21.4. The molecule has 2 aliphatic rings. The monoisotopic (exact) mass is 347 g/mol. The van der Waals surface area contributed by atoms with Gasteiger partial charge >= 0.3 is 0 Å². The van der Waals surface area contributed by atoms with Crippen LogP contribution in [0.25, 0.3) is 0 Å². The first-order valence-electron chi connectivity index (χ1n) is 8.23. The highest BCUT2D eigenvalue weighted by Crippen LogP contribution is 2.34. The molecule has 2 aromatic rings. The highest BCUT2D eigenvalue weighted by Gasteiger charge is 2.46. The van der Waals surface area contributed by atoms with Crippen LogP contribution in [0.2, 0.25) is 0 Å². The molecule has 4 heterocycles. The summed E-state index contributed by atoms with van der Waals surface area (Å²) in [6, 6.07) is 4.08. The summed E-state index contributed by atoms with van der Waals surface area (Å²) in [5.41, 5.74) is 2.27. The molecule has 0 saturated carbocycles. The molecule has 0 aliphatic carbocycles. The van der Waals surface area contributed by atoms with Crippen LogP contribution in [0.15, 0.2) is 33.7 Å². The first-order chi connectivity index (χ1) is 11.8. The molecule has 7 heteroatoms. The molecule has 4 rings (SSSR count). The van der Waals surface area contributed by atoms with Gasteiger partial charge in [0.2, 0.25) is 0 Å². The second kappa shape index (κ2) is 6.66. The molecule has 0 aromatic carbocycles. The van der Waals surface area contributed by atoms with Gasteiger partial charge in [-0.1, -0.05) is 0 Å². The second-order valence-corrected chi connectivity index (χ2v) is 7.16. The Labute approximate surface area is 145 Å². The average molecular weight is 347 g/mol. The molecule has 3 atom stereocenters. The lowest BCUT2D eigenvalue weighted by molar-refractivity contribution is -0.0158. The minimum Gasteiger partial charge on any atom is -0.468 e. The number of nitrogens with zero attached hydrogens (tertiary/aromatic N) is 3. The van der Waals surface area contributed by atoms with E-state index in [0.717, 1.165) is 38.4 Å². The molecule has 24 heavy (non-hydrogen) atoms. The van der Waals surface area contributed by atoms with Crippen LogP contribution >= 0.6 is 11.3 Å². The molecule has 0 unspecified atom stereocenters. The number of likely N-dealkylation sites (tertiary alicyclic amines) is 2. The summed E-state index contributed by atoms with van der Waals surface area (Å²) < 4.78 is 11.2. The third-order valence-corrected chi connectivity index (χ3v) is 5.70. The average Bonchev–Trinajstić information content (AvgIpc) is 3.34. The largest absolute Gasteiger partial charge is 0.468 e. The SMILES string of the molecule is CO[C@H]1CCN(C(=O)c2cscn2)[C@@H]2CN(Cc3ccco3)C[C@H]12. The molecule has 2 aliphatic heterocycles. The van der Waals surface area contributed by atoms with Gasteiger partial charge < -0.3 is 14.1 Å². The van der Waals surface area contributed by atoms with Crippen molar-refractivity contribution in [3.63, 3.8) is 0 Å². The van der Waals surface area contributed by atoms with E-state index in [-0.39, 0.29) is 18.1 Å². The van der Waals surface area contributed by atoms with Crippen molar-refractivity contribution in [1.82, 2.24) is 14.8 Å². The van der Waals surface area contributed by atoms with Gasteiger partial charge in [-0.3, -0.25) is 9.69 Å². The fourth-order valence-electron chi connectivity index (χ4n) is 4.00. The number of piperidine rings is 1. The van der Waals surface area contributed by atoms with Gasteiger partial charge in [-0.05, 0) is 18.6 Å². The van der Waals surface area contributed by atoms with Crippen molar-refractivity contribution in [1.29, 1.82) is 0 Å². The molecule has 2 aromatic heterocycles. The Balaban J connectivity index is 1.52. The Kier molecular flexibility index (Phi) is 4.39. The van der Waals surface area contributed by atoms with Crippen LogP contribution in [0.5, 0.6) is 0 Å².